The van der Waals surface area contributed by atoms with Gasteiger partial charge in [-0.2, -0.15) is 0 Å². The van der Waals surface area contributed by atoms with Crippen LogP contribution >= 0.6 is 11.6 Å². The van der Waals surface area contributed by atoms with Crippen molar-refractivity contribution in [2.24, 2.45) is 0 Å². The molecule has 4 nitrogen and oxygen atoms in total. The van der Waals surface area contributed by atoms with Crippen LogP contribution in [0.5, 0.6) is 0 Å². The first-order chi connectivity index (χ1) is 12.4. The lowest BCUT2D eigenvalue weighted by Gasteiger charge is -2.38. The molecule has 0 aromatic heterocycles. The van der Waals surface area contributed by atoms with Crippen LogP contribution in [-0.2, 0) is 4.79 Å². The number of rotatable bonds is 4. The van der Waals surface area contributed by atoms with Gasteiger partial charge in [0.2, 0.25) is 5.91 Å². The van der Waals surface area contributed by atoms with E-state index in [9.17, 15) is 13.6 Å². The third-order valence-corrected chi connectivity index (χ3v) is 4.86. The van der Waals surface area contributed by atoms with Gasteiger partial charge in [-0.05, 0) is 49.4 Å². The topological polar surface area (TPSA) is 35.6 Å². The highest BCUT2D eigenvalue weighted by Crippen LogP contribution is 2.21. The van der Waals surface area contributed by atoms with Crippen molar-refractivity contribution in [1.29, 1.82) is 0 Å². The van der Waals surface area contributed by atoms with E-state index in [4.69, 9.17) is 11.6 Å². The van der Waals surface area contributed by atoms with Gasteiger partial charge in [0.25, 0.3) is 0 Å². The highest BCUT2D eigenvalue weighted by molar-refractivity contribution is 6.30. The first kappa shape index (κ1) is 18.6. The molecule has 2 aromatic carbocycles. The van der Waals surface area contributed by atoms with Gasteiger partial charge in [0.1, 0.15) is 11.6 Å². The first-order valence-electron chi connectivity index (χ1n) is 8.44. The molecule has 0 aliphatic carbocycles. The van der Waals surface area contributed by atoms with Crippen LogP contribution in [0.1, 0.15) is 6.92 Å². The van der Waals surface area contributed by atoms with E-state index in [0.29, 0.717) is 13.1 Å². The van der Waals surface area contributed by atoms with Crippen molar-refractivity contribution in [1.82, 2.24) is 4.90 Å². The second kappa shape index (κ2) is 8.01. The Labute approximate surface area is 156 Å². The number of benzene rings is 2. The minimum atomic E-state index is -0.556. The number of amides is 1. The summed E-state index contributed by atoms with van der Waals surface area (Å²) >= 11 is 5.72. The molecule has 1 atom stereocenters. The summed E-state index contributed by atoms with van der Waals surface area (Å²) in [6.45, 7) is 4.65. The number of halogens is 3. The monoisotopic (exact) mass is 379 g/mol. The fourth-order valence-corrected chi connectivity index (χ4v) is 3.17. The lowest BCUT2D eigenvalue weighted by Crippen LogP contribution is -2.52. The predicted molar refractivity (Wildman–Crippen MR) is 99.7 cm³/mol. The van der Waals surface area contributed by atoms with E-state index >= 15 is 0 Å². The SMILES string of the molecule is C[C@H](C(=O)Nc1ccc(Cl)cc1F)N1CCN(c2ccc(F)cc2)CC1. The minimum Gasteiger partial charge on any atom is -0.369 e. The molecule has 1 fully saturated rings. The molecular formula is C19H20ClF2N3O. The Hall–Kier alpha value is -2.18. The number of anilines is 2. The number of carbonyl (C=O) groups is 1. The molecule has 7 heteroatoms. The molecule has 138 valence electrons. The minimum absolute atomic E-state index is 0.121. The van der Waals surface area contributed by atoms with Crippen molar-refractivity contribution >= 4 is 28.9 Å². The quantitative estimate of drug-likeness (QED) is 0.878. The zero-order valence-corrected chi connectivity index (χ0v) is 15.1. The average Bonchev–Trinajstić information content (AvgIpc) is 2.64. The van der Waals surface area contributed by atoms with Crippen LogP contribution in [0.4, 0.5) is 20.2 Å². The van der Waals surface area contributed by atoms with Crippen molar-refractivity contribution < 1.29 is 13.6 Å². The molecule has 0 radical (unpaired) electrons. The maximum absolute atomic E-state index is 13.8. The summed E-state index contributed by atoms with van der Waals surface area (Å²) < 4.78 is 26.9. The fourth-order valence-electron chi connectivity index (χ4n) is 3.01. The van der Waals surface area contributed by atoms with Crippen LogP contribution in [-0.4, -0.2) is 43.0 Å². The number of hydrogen-bond donors (Lipinski definition) is 1. The Kier molecular flexibility index (Phi) is 5.74. The van der Waals surface area contributed by atoms with Crippen molar-refractivity contribution in [2.75, 3.05) is 36.4 Å². The molecule has 1 amide bonds. The Morgan fingerprint density at radius 3 is 2.35 bits per heavy atom. The van der Waals surface area contributed by atoms with Crippen molar-refractivity contribution in [3.05, 3.63) is 59.1 Å². The van der Waals surface area contributed by atoms with Crippen molar-refractivity contribution in [2.45, 2.75) is 13.0 Å². The molecule has 1 heterocycles. The zero-order chi connectivity index (χ0) is 18.7. The molecule has 3 rings (SSSR count). The number of nitrogens with zero attached hydrogens (tertiary/aromatic N) is 2. The van der Waals surface area contributed by atoms with Crippen LogP contribution in [0.2, 0.25) is 5.02 Å². The standard InChI is InChI=1S/C19H20ClF2N3O/c1-13(19(26)23-18-7-2-14(20)12-17(18)22)24-8-10-25(11-9-24)16-5-3-15(21)4-6-16/h2-7,12-13H,8-11H2,1H3,(H,23,26)/t13-/m1/s1. The molecule has 26 heavy (non-hydrogen) atoms. The molecule has 0 unspecified atom stereocenters. The zero-order valence-electron chi connectivity index (χ0n) is 14.4. The van der Waals surface area contributed by atoms with Crippen molar-refractivity contribution in [3.8, 4) is 0 Å². The lowest BCUT2D eigenvalue weighted by molar-refractivity contribution is -0.120. The average molecular weight is 380 g/mol. The second-order valence-electron chi connectivity index (χ2n) is 6.29. The Bertz CT molecular complexity index is 777. The summed E-state index contributed by atoms with van der Waals surface area (Å²) in [6, 6.07) is 10.2. The summed E-state index contributed by atoms with van der Waals surface area (Å²) in [5.41, 5.74) is 1.09. The van der Waals surface area contributed by atoms with Crippen LogP contribution in [0.3, 0.4) is 0 Å². The van der Waals surface area contributed by atoms with Gasteiger partial charge in [-0.3, -0.25) is 9.69 Å². The van der Waals surface area contributed by atoms with E-state index in [1.54, 1.807) is 19.1 Å². The van der Waals surface area contributed by atoms with E-state index in [0.717, 1.165) is 18.8 Å². The highest BCUT2D eigenvalue weighted by atomic mass is 35.5. The van der Waals surface area contributed by atoms with Gasteiger partial charge in [0.15, 0.2) is 0 Å². The van der Waals surface area contributed by atoms with Crippen LogP contribution < -0.4 is 10.2 Å². The highest BCUT2D eigenvalue weighted by Gasteiger charge is 2.26. The summed E-state index contributed by atoms with van der Waals surface area (Å²) in [6.07, 6.45) is 0. The van der Waals surface area contributed by atoms with Crippen molar-refractivity contribution in [3.63, 3.8) is 0 Å². The van der Waals surface area contributed by atoms with Gasteiger partial charge in [0.05, 0.1) is 11.7 Å². The molecule has 1 aliphatic rings. The molecule has 0 spiro atoms. The van der Waals surface area contributed by atoms with Gasteiger partial charge in [0, 0.05) is 36.9 Å². The Morgan fingerprint density at radius 1 is 1.08 bits per heavy atom. The smallest absolute Gasteiger partial charge is 0.241 e. The van der Waals surface area contributed by atoms with E-state index in [2.05, 4.69) is 10.2 Å². The van der Waals surface area contributed by atoms with Gasteiger partial charge < -0.3 is 10.2 Å². The van der Waals surface area contributed by atoms with E-state index in [1.165, 1.54) is 30.3 Å². The molecule has 0 bridgehead atoms. The molecule has 1 saturated heterocycles. The van der Waals surface area contributed by atoms with Crippen LogP contribution in [0.25, 0.3) is 0 Å². The van der Waals surface area contributed by atoms with Gasteiger partial charge in [-0.1, -0.05) is 11.6 Å². The van der Waals surface area contributed by atoms with E-state index < -0.39 is 5.82 Å². The van der Waals surface area contributed by atoms with E-state index in [1.807, 2.05) is 4.90 Å². The van der Waals surface area contributed by atoms with Gasteiger partial charge in [-0.25, -0.2) is 8.78 Å². The Morgan fingerprint density at radius 2 is 1.73 bits per heavy atom. The molecule has 2 aromatic rings. The Balaban J connectivity index is 1.56. The third-order valence-electron chi connectivity index (χ3n) is 4.62. The second-order valence-corrected chi connectivity index (χ2v) is 6.73. The predicted octanol–water partition coefficient (Wildman–Crippen LogP) is 3.77. The number of piperazine rings is 1. The normalized spacial score (nSPS) is 16.4. The third kappa shape index (κ3) is 4.31. The first-order valence-corrected chi connectivity index (χ1v) is 8.82. The number of nitrogens with one attached hydrogen (secondary N) is 1. The lowest BCUT2D eigenvalue weighted by atomic mass is 10.2. The number of hydrogen-bond acceptors (Lipinski definition) is 3. The van der Waals surface area contributed by atoms with Gasteiger partial charge in [-0.15, -0.1) is 0 Å². The number of carbonyl (C=O) groups excluding carboxylic acids is 1. The summed E-state index contributed by atoms with van der Waals surface area (Å²) in [4.78, 5) is 16.6. The largest absolute Gasteiger partial charge is 0.369 e. The van der Waals surface area contributed by atoms with Crippen LogP contribution in [0.15, 0.2) is 42.5 Å². The molecule has 0 saturated carbocycles. The maximum Gasteiger partial charge on any atom is 0.241 e. The molecule has 1 N–H and O–H groups in total. The van der Waals surface area contributed by atoms with Crippen LogP contribution in [0, 0.1) is 11.6 Å². The summed E-state index contributed by atoms with van der Waals surface area (Å²) in [5.74, 6) is -1.08. The van der Waals surface area contributed by atoms with E-state index in [-0.39, 0.29) is 28.5 Å². The summed E-state index contributed by atoms with van der Waals surface area (Å²) in [5, 5.41) is 2.90. The van der Waals surface area contributed by atoms with Gasteiger partial charge >= 0.3 is 0 Å². The maximum atomic E-state index is 13.8. The molecular weight excluding hydrogens is 360 g/mol. The molecule has 1 aliphatic heterocycles. The fraction of sp³-hybridized carbons (Fsp3) is 0.316. The summed E-state index contributed by atoms with van der Waals surface area (Å²) in [7, 11) is 0.